The summed E-state index contributed by atoms with van der Waals surface area (Å²) in [5.74, 6) is 0. The number of hydrogen-bond donors (Lipinski definition) is 1. The molecular weight excluding hydrogens is 240 g/mol. The van der Waals surface area contributed by atoms with Crippen LogP contribution in [0.25, 0.3) is 0 Å². The van der Waals surface area contributed by atoms with Gasteiger partial charge in [0.1, 0.15) is 0 Å². The van der Waals surface area contributed by atoms with Crippen LogP contribution in [0.1, 0.15) is 13.3 Å². The van der Waals surface area contributed by atoms with Crippen molar-refractivity contribution in [1.82, 2.24) is 0 Å². The van der Waals surface area contributed by atoms with Crippen molar-refractivity contribution in [2.45, 2.75) is 19.5 Å². The molecule has 0 amide bonds. The Bertz CT molecular complexity index is 264. The van der Waals surface area contributed by atoms with Crippen molar-refractivity contribution in [2.75, 3.05) is 13.2 Å². The average Bonchev–Trinajstić information content (AvgIpc) is 2.10. The lowest BCUT2D eigenvalue weighted by atomic mass is 10.5. The van der Waals surface area contributed by atoms with Gasteiger partial charge in [0.05, 0.1) is 6.61 Å². The molecule has 0 fully saturated rings. The summed E-state index contributed by atoms with van der Waals surface area (Å²) in [7, 11) is -4.99. The molecule has 0 aromatic carbocycles. The average molecular weight is 250 g/mol. The molecule has 0 spiro atoms. The summed E-state index contributed by atoms with van der Waals surface area (Å²) in [6.45, 7) is -0.507. The second kappa shape index (κ2) is 5.48. The molecule has 0 heterocycles. The summed E-state index contributed by atoms with van der Waals surface area (Å²) in [6, 6.07) is 0. The molecule has 0 aromatic rings. The summed E-state index contributed by atoms with van der Waals surface area (Å²) < 4.78 is 53.3. The predicted molar refractivity (Wildman–Crippen MR) is 43.5 cm³/mol. The van der Waals surface area contributed by atoms with Crippen LogP contribution in [0.15, 0.2) is 0 Å². The number of alkyl halides is 3. The van der Waals surface area contributed by atoms with Gasteiger partial charge in [-0.05, 0) is 6.42 Å². The molecule has 0 radical (unpaired) electrons. The highest BCUT2D eigenvalue weighted by atomic mass is 31.2. The van der Waals surface area contributed by atoms with Gasteiger partial charge in [-0.1, -0.05) is 6.92 Å². The van der Waals surface area contributed by atoms with Crippen molar-refractivity contribution in [3.8, 4) is 0 Å². The lowest BCUT2D eigenvalue weighted by Gasteiger charge is -2.12. The molecule has 0 aromatic heterocycles. The maximum Gasteiger partial charge on any atom is 0.436 e. The van der Waals surface area contributed by atoms with Gasteiger partial charge in [-0.25, -0.2) is 9.36 Å². The standard InChI is InChI=1S/C6H10F3O5P/c1-2-3-13-5(10)15(11,12)14-4-6(7,8)9/h2-4H2,1H3,(H,11,12). The molecule has 90 valence electrons. The topological polar surface area (TPSA) is 72.8 Å². The highest BCUT2D eigenvalue weighted by molar-refractivity contribution is 7.70. The Balaban J connectivity index is 4.17. The third-order valence-corrected chi connectivity index (χ3v) is 2.13. The van der Waals surface area contributed by atoms with E-state index in [4.69, 9.17) is 4.89 Å². The van der Waals surface area contributed by atoms with Crippen molar-refractivity contribution >= 4 is 13.3 Å². The summed E-state index contributed by atoms with van der Waals surface area (Å²) in [5.41, 5.74) is -1.67. The Morgan fingerprint density at radius 3 is 2.40 bits per heavy atom. The van der Waals surface area contributed by atoms with Crippen LogP contribution in [0.4, 0.5) is 18.0 Å². The molecule has 0 aliphatic carbocycles. The molecule has 0 rings (SSSR count). The molecule has 0 aliphatic heterocycles. The van der Waals surface area contributed by atoms with E-state index in [-0.39, 0.29) is 6.61 Å². The fourth-order valence-corrected chi connectivity index (χ4v) is 1.17. The SMILES string of the molecule is CCCOC(=O)P(=O)(O)OCC(F)(F)F. The van der Waals surface area contributed by atoms with Crippen molar-refractivity contribution < 1.29 is 36.7 Å². The summed E-state index contributed by atoms with van der Waals surface area (Å²) in [6.07, 6.45) is -4.39. The highest BCUT2D eigenvalue weighted by Crippen LogP contribution is 2.45. The quantitative estimate of drug-likeness (QED) is 0.758. The minimum absolute atomic E-state index is 0.154. The number of carbonyl (C=O) groups excluding carboxylic acids is 1. The Kier molecular flexibility index (Phi) is 5.27. The van der Waals surface area contributed by atoms with Gasteiger partial charge in [0.15, 0.2) is 6.61 Å². The van der Waals surface area contributed by atoms with Crippen LogP contribution in [-0.2, 0) is 13.8 Å². The van der Waals surface area contributed by atoms with Gasteiger partial charge in [0.2, 0.25) is 0 Å². The van der Waals surface area contributed by atoms with Crippen LogP contribution in [0, 0.1) is 0 Å². The van der Waals surface area contributed by atoms with E-state index in [1.54, 1.807) is 6.92 Å². The van der Waals surface area contributed by atoms with Crippen molar-refractivity contribution in [1.29, 1.82) is 0 Å². The lowest BCUT2D eigenvalue weighted by Crippen LogP contribution is -2.18. The van der Waals surface area contributed by atoms with Crippen LogP contribution in [0.3, 0.4) is 0 Å². The molecule has 5 nitrogen and oxygen atoms in total. The van der Waals surface area contributed by atoms with Crippen molar-refractivity contribution in [3.63, 3.8) is 0 Å². The highest BCUT2D eigenvalue weighted by Gasteiger charge is 2.38. The third kappa shape index (κ3) is 6.48. The lowest BCUT2D eigenvalue weighted by molar-refractivity contribution is -0.154. The summed E-state index contributed by atoms with van der Waals surface area (Å²) >= 11 is 0. The maximum absolute atomic E-state index is 11.6. The van der Waals surface area contributed by atoms with E-state index < -0.39 is 26.1 Å². The Morgan fingerprint density at radius 1 is 1.47 bits per heavy atom. The molecule has 0 aliphatic rings. The van der Waals surface area contributed by atoms with E-state index in [9.17, 15) is 22.5 Å². The van der Waals surface area contributed by atoms with Crippen LogP contribution >= 0.6 is 7.60 Å². The molecule has 1 atom stereocenters. The minimum Gasteiger partial charge on any atom is -0.457 e. The second-order valence-electron chi connectivity index (χ2n) is 2.52. The van der Waals surface area contributed by atoms with E-state index in [0.717, 1.165) is 0 Å². The number of halogens is 3. The molecule has 0 saturated heterocycles. The maximum atomic E-state index is 11.6. The molecule has 0 saturated carbocycles. The minimum atomic E-state index is -4.99. The van der Waals surface area contributed by atoms with Gasteiger partial charge in [-0.3, -0.25) is 4.52 Å². The monoisotopic (exact) mass is 250 g/mol. The normalized spacial score (nSPS) is 15.8. The Hall–Kier alpha value is -0.590. The fourth-order valence-electron chi connectivity index (χ4n) is 0.484. The van der Waals surface area contributed by atoms with Crippen LogP contribution < -0.4 is 0 Å². The van der Waals surface area contributed by atoms with Gasteiger partial charge >= 0.3 is 19.5 Å². The first-order valence-corrected chi connectivity index (χ1v) is 5.48. The molecule has 1 N–H and O–H groups in total. The van der Waals surface area contributed by atoms with E-state index in [1.807, 2.05) is 0 Å². The van der Waals surface area contributed by atoms with E-state index in [2.05, 4.69) is 9.26 Å². The largest absolute Gasteiger partial charge is 0.457 e. The first-order chi connectivity index (χ1) is 6.69. The first-order valence-electron chi connectivity index (χ1n) is 3.90. The third-order valence-electron chi connectivity index (χ3n) is 1.06. The molecular formula is C6H10F3O5P. The zero-order valence-electron chi connectivity index (χ0n) is 7.78. The molecule has 1 unspecified atom stereocenters. The Morgan fingerprint density at radius 2 is 2.00 bits per heavy atom. The van der Waals surface area contributed by atoms with Crippen LogP contribution in [0.2, 0.25) is 0 Å². The number of rotatable bonds is 5. The van der Waals surface area contributed by atoms with E-state index >= 15 is 0 Å². The molecule has 0 bridgehead atoms. The van der Waals surface area contributed by atoms with Crippen LogP contribution in [-0.4, -0.2) is 30.0 Å². The van der Waals surface area contributed by atoms with Gasteiger partial charge in [-0.2, -0.15) is 13.2 Å². The van der Waals surface area contributed by atoms with Gasteiger partial charge in [0.25, 0.3) is 0 Å². The fraction of sp³-hybridized carbons (Fsp3) is 0.833. The van der Waals surface area contributed by atoms with Crippen molar-refractivity contribution in [3.05, 3.63) is 0 Å². The van der Waals surface area contributed by atoms with E-state index in [0.29, 0.717) is 6.42 Å². The first kappa shape index (κ1) is 14.4. The van der Waals surface area contributed by atoms with Crippen molar-refractivity contribution in [2.24, 2.45) is 0 Å². The predicted octanol–water partition coefficient (Wildman–Crippen LogP) is 2.30. The van der Waals surface area contributed by atoms with E-state index in [1.165, 1.54) is 0 Å². The molecule has 15 heavy (non-hydrogen) atoms. The smallest absolute Gasteiger partial charge is 0.436 e. The zero-order valence-corrected chi connectivity index (χ0v) is 8.68. The van der Waals surface area contributed by atoms with Gasteiger partial charge in [0, 0.05) is 0 Å². The number of carbonyl (C=O) groups is 1. The molecule has 9 heteroatoms. The number of ether oxygens (including phenoxy) is 1. The van der Waals surface area contributed by atoms with Crippen LogP contribution in [0.5, 0.6) is 0 Å². The van der Waals surface area contributed by atoms with Gasteiger partial charge in [-0.15, -0.1) is 0 Å². The summed E-state index contributed by atoms with van der Waals surface area (Å²) in [5, 5.41) is 0. The summed E-state index contributed by atoms with van der Waals surface area (Å²) in [4.78, 5) is 19.4. The zero-order chi connectivity index (χ0) is 12.1. The second-order valence-corrected chi connectivity index (χ2v) is 4.19. The number of hydrogen-bond acceptors (Lipinski definition) is 4. The van der Waals surface area contributed by atoms with Gasteiger partial charge < -0.3 is 9.63 Å². The Labute approximate surface area is 83.7 Å².